The van der Waals surface area contributed by atoms with Gasteiger partial charge in [-0.2, -0.15) is 19.6 Å². The second-order valence-electron chi connectivity index (χ2n) is 11.6. The standard InChI is InChI=1S/C28H38N8O4/c1-17(2)21-16-29-36-23(21)33-25(31-18-10-13-39-14-11-18)34-26(36)32-20-8-6-7-19(15-20)30-24(37)22-9-12-35(22)27(38)40-28(3,4)5/h6-8,15-18,22H,9-14H2,1-5H3,(H,30,37)(H2,31,32,33,34). The van der Waals surface area contributed by atoms with E-state index in [0.29, 0.717) is 49.5 Å². The van der Waals surface area contributed by atoms with Gasteiger partial charge in [-0.1, -0.05) is 19.9 Å². The molecule has 12 nitrogen and oxygen atoms in total. The molecule has 2 amide bonds. The number of ether oxygens (including phenoxy) is 2. The van der Waals surface area contributed by atoms with Gasteiger partial charge in [-0.25, -0.2) is 4.79 Å². The van der Waals surface area contributed by atoms with Crippen molar-refractivity contribution in [2.75, 3.05) is 35.7 Å². The molecule has 40 heavy (non-hydrogen) atoms. The zero-order valence-corrected chi connectivity index (χ0v) is 23.7. The number of fused-ring (bicyclic) bond motifs is 1. The van der Waals surface area contributed by atoms with Crippen LogP contribution in [-0.4, -0.2) is 73.9 Å². The van der Waals surface area contributed by atoms with Crippen molar-refractivity contribution in [3.05, 3.63) is 36.0 Å². The minimum Gasteiger partial charge on any atom is -0.444 e. The highest BCUT2D eigenvalue weighted by Gasteiger charge is 2.40. The molecule has 1 atom stereocenters. The van der Waals surface area contributed by atoms with Gasteiger partial charge in [0.15, 0.2) is 5.65 Å². The number of amides is 2. The molecule has 5 rings (SSSR count). The van der Waals surface area contributed by atoms with Gasteiger partial charge in [0.05, 0.1) is 6.20 Å². The van der Waals surface area contributed by atoms with Crippen LogP contribution in [0.4, 0.5) is 28.1 Å². The third kappa shape index (κ3) is 6.27. The molecule has 2 fully saturated rings. The van der Waals surface area contributed by atoms with Crippen LogP contribution in [0.2, 0.25) is 0 Å². The molecule has 2 aliphatic heterocycles. The van der Waals surface area contributed by atoms with E-state index in [-0.39, 0.29) is 17.9 Å². The minimum atomic E-state index is -0.620. The molecule has 3 N–H and O–H groups in total. The molecule has 0 saturated carbocycles. The van der Waals surface area contributed by atoms with Crippen LogP contribution >= 0.6 is 0 Å². The lowest BCUT2D eigenvalue weighted by atomic mass is 10.0. The smallest absolute Gasteiger partial charge is 0.410 e. The zero-order valence-electron chi connectivity index (χ0n) is 23.7. The molecular weight excluding hydrogens is 512 g/mol. The first-order chi connectivity index (χ1) is 19.1. The SMILES string of the molecule is CC(C)c1cnn2c(Nc3cccc(NC(=O)C4CCN4C(=O)OC(C)(C)C)c3)nc(NC3CCOCC3)nc12. The van der Waals surface area contributed by atoms with Crippen molar-refractivity contribution in [2.24, 2.45) is 0 Å². The Labute approximate surface area is 233 Å². The molecule has 1 aromatic carbocycles. The molecule has 0 spiro atoms. The topological polar surface area (TPSA) is 135 Å². The number of benzene rings is 1. The maximum atomic E-state index is 13.0. The van der Waals surface area contributed by atoms with Crippen molar-refractivity contribution >= 4 is 40.9 Å². The van der Waals surface area contributed by atoms with Crippen molar-refractivity contribution in [2.45, 2.75) is 77.5 Å². The van der Waals surface area contributed by atoms with E-state index in [2.05, 4.69) is 34.9 Å². The highest BCUT2D eigenvalue weighted by atomic mass is 16.6. The number of carbonyl (C=O) groups excluding carboxylic acids is 2. The number of nitrogens with zero attached hydrogens (tertiary/aromatic N) is 5. The Morgan fingerprint density at radius 1 is 1.10 bits per heavy atom. The fourth-order valence-corrected chi connectivity index (χ4v) is 4.70. The van der Waals surface area contributed by atoms with E-state index in [4.69, 9.17) is 19.4 Å². The fourth-order valence-electron chi connectivity index (χ4n) is 4.70. The van der Waals surface area contributed by atoms with Gasteiger partial charge in [-0.15, -0.1) is 0 Å². The summed E-state index contributed by atoms with van der Waals surface area (Å²) in [6.45, 7) is 11.5. The van der Waals surface area contributed by atoms with E-state index in [1.807, 2.05) is 24.4 Å². The van der Waals surface area contributed by atoms with E-state index >= 15 is 0 Å². The molecule has 12 heteroatoms. The maximum Gasteiger partial charge on any atom is 0.410 e. The molecule has 2 saturated heterocycles. The van der Waals surface area contributed by atoms with Crippen LogP contribution in [0.25, 0.3) is 5.65 Å². The summed E-state index contributed by atoms with van der Waals surface area (Å²) in [6.07, 6.45) is 3.71. The van der Waals surface area contributed by atoms with Gasteiger partial charge in [0.25, 0.3) is 0 Å². The molecule has 0 bridgehead atoms. The van der Waals surface area contributed by atoms with Crippen molar-refractivity contribution < 1.29 is 19.1 Å². The normalized spacial score (nSPS) is 17.9. The van der Waals surface area contributed by atoms with Crippen LogP contribution in [0.5, 0.6) is 0 Å². The van der Waals surface area contributed by atoms with Gasteiger partial charge in [0.1, 0.15) is 11.6 Å². The summed E-state index contributed by atoms with van der Waals surface area (Å²) in [4.78, 5) is 36.4. The van der Waals surface area contributed by atoms with Gasteiger partial charge in [0, 0.05) is 42.7 Å². The first-order valence-electron chi connectivity index (χ1n) is 13.8. The summed E-state index contributed by atoms with van der Waals surface area (Å²) in [5, 5.41) is 14.3. The molecule has 3 aromatic rings. The largest absolute Gasteiger partial charge is 0.444 e. The number of hydrogen-bond donors (Lipinski definition) is 3. The van der Waals surface area contributed by atoms with Gasteiger partial charge >= 0.3 is 6.09 Å². The number of likely N-dealkylation sites (tertiary alicyclic amines) is 1. The van der Waals surface area contributed by atoms with Crippen LogP contribution in [0.15, 0.2) is 30.5 Å². The van der Waals surface area contributed by atoms with E-state index in [1.54, 1.807) is 31.4 Å². The van der Waals surface area contributed by atoms with Crippen molar-refractivity contribution in [1.29, 1.82) is 0 Å². The molecule has 0 aliphatic carbocycles. The second-order valence-corrected chi connectivity index (χ2v) is 11.6. The summed E-state index contributed by atoms with van der Waals surface area (Å²) in [7, 11) is 0. The Balaban J connectivity index is 1.33. The lowest BCUT2D eigenvalue weighted by Crippen LogP contribution is -2.57. The Morgan fingerprint density at radius 3 is 2.52 bits per heavy atom. The summed E-state index contributed by atoms with van der Waals surface area (Å²) in [5.41, 5.74) is 2.45. The Hall–Kier alpha value is -3.93. The van der Waals surface area contributed by atoms with Gasteiger partial charge in [-0.05, 0) is 64.2 Å². The van der Waals surface area contributed by atoms with Gasteiger partial charge in [0.2, 0.25) is 17.8 Å². The molecule has 0 radical (unpaired) electrons. The molecule has 2 aromatic heterocycles. The minimum absolute atomic E-state index is 0.236. The average Bonchev–Trinajstić information content (AvgIpc) is 3.28. The quantitative estimate of drug-likeness (QED) is 0.388. The van der Waals surface area contributed by atoms with Crippen molar-refractivity contribution in [3.8, 4) is 0 Å². The molecule has 2 aliphatic rings. The van der Waals surface area contributed by atoms with Crippen molar-refractivity contribution in [3.63, 3.8) is 0 Å². The monoisotopic (exact) mass is 550 g/mol. The lowest BCUT2D eigenvalue weighted by Gasteiger charge is -2.40. The van der Waals surface area contributed by atoms with Gasteiger partial charge < -0.3 is 25.4 Å². The average molecular weight is 551 g/mol. The first kappa shape index (κ1) is 27.6. The number of carbonyl (C=O) groups is 2. The highest BCUT2D eigenvalue weighted by Crippen LogP contribution is 2.27. The van der Waals surface area contributed by atoms with Crippen LogP contribution < -0.4 is 16.0 Å². The van der Waals surface area contributed by atoms with Crippen LogP contribution in [0.1, 0.15) is 65.4 Å². The summed E-state index contributed by atoms with van der Waals surface area (Å²) in [5.74, 6) is 1.02. The van der Waals surface area contributed by atoms with Crippen LogP contribution in [0.3, 0.4) is 0 Å². The number of hydrogen-bond acceptors (Lipinski definition) is 9. The molecule has 214 valence electrons. The fraction of sp³-hybridized carbons (Fsp3) is 0.536. The van der Waals surface area contributed by atoms with E-state index in [1.165, 1.54) is 4.90 Å². The van der Waals surface area contributed by atoms with Crippen LogP contribution in [-0.2, 0) is 14.3 Å². The van der Waals surface area contributed by atoms with E-state index in [9.17, 15) is 9.59 Å². The Bertz CT molecular complexity index is 1380. The number of aromatic nitrogens is 4. The third-order valence-corrected chi connectivity index (χ3v) is 6.91. The molecular formula is C28H38N8O4. The lowest BCUT2D eigenvalue weighted by molar-refractivity contribution is -0.125. The Kier molecular flexibility index (Phi) is 7.79. The van der Waals surface area contributed by atoms with Crippen LogP contribution in [0, 0.1) is 0 Å². The maximum absolute atomic E-state index is 13.0. The second kappa shape index (κ2) is 11.3. The summed E-state index contributed by atoms with van der Waals surface area (Å²) >= 11 is 0. The van der Waals surface area contributed by atoms with Crippen molar-refractivity contribution in [1.82, 2.24) is 24.5 Å². The number of anilines is 4. The number of rotatable bonds is 7. The molecule has 1 unspecified atom stereocenters. The zero-order chi connectivity index (χ0) is 28.4. The molecule has 4 heterocycles. The van der Waals surface area contributed by atoms with E-state index < -0.39 is 17.7 Å². The highest BCUT2D eigenvalue weighted by molar-refractivity contribution is 5.97. The predicted octanol–water partition coefficient (Wildman–Crippen LogP) is 4.53. The summed E-state index contributed by atoms with van der Waals surface area (Å²) in [6, 6.07) is 7.02. The predicted molar refractivity (Wildman–Crippen MR) is 152 cm³/mol. The van der Waals surface area contributed by atoms with E-state index in [0.717, 1.165) is 24.1 Å². The first-order valence-corrected chi connectivity index (χ1v) is 13.8. The third-order valence-electron chi connectivity index (χ3n) is 6.91. The van der Waals surface area contributed by atoms with Gasteiger partial charge in [-0.3, -0.25) is 9.69 Å². The Morgan fingerprint density at radius 2 is 1.85 bits per heavy atom. The summed E-state index contributed by atoms with van der Waals surface area (Å²) < 4.78 is 12.6. The number of nitrogens with one attached hydrogen (secondary N) is 3.